The second-order valence-corrected chi connectivity index (χ2v) is 5.45. The summed E-state index contributed by atoms with van der Waals surface area (Å²) in [5.41, 5.74) is 7.16. The standard InChI is InChI=1S/C12H17BrN2O/c1-15(7-12(6-14)8-16-9-12)11-4-2-3-10(13)5-11/h2-5H,6-9,14H2,1H3. The molecule has 0 saturated carbocycles. The molecule has 1 heterocycles. The smallest absolute Gasteiger partial charge is 0.0574 e. The number of ether oxygens (including phenoxy) is 1. The topological polar surface area (TPSA) is 38.5 Å². The number of hydrogen-bond donors (Lipinski definition) is 1. The van der Waals surface area contributed by atoms with E-state index in [2.05, 4.69) is 40.0 Å². The Morgan fingerprint density at radius 3 is 2.75 bits per heavy atom. The summed E-state index contributed by atoms with van der Waals surface area (Å²) in [6.07, 6.45) is 0. The molecule has 0 spiro atoms. The molecule has 0 radical (unpaired) electrons. The molecule has 3 nitrogen and oxygen atoms in total. The van der Waals surface area contributed by atoms with Crippen LogP contribution in [0.3, 0.4) is 0 Å². The Kier molecular flexibility index (Phi) is 3.52. The van der Waals surface area contributed by atoms with Gasteiger partial charge in [0.15, 0.2) is 0 Å². The third-order valence-corrected chi connectivity index (χ3v) is 3.56. The van der Waals surface area contributed by atoms with Crippen LogP contribution in [-0.4, -0.2) is 33.4 Å². The van der Waals surface area contributed by atoms with Gasteiger partial charge in [-0.1, -0.05) is 22.0 Å². The molecule has 0 amide bonds. The van der Waals surface area contributed by atoms with E-state index in [-0.39, 0.29) is 5.41 Å². The quantitative estimate of drug-likeness (QED) is 0.917. The zero-order valence-corrected chi connectivity index (χ0v) is 11.0. The van der Waals surface area contributed by atoms with E-state index in [9.17, 15) is 0 Å². The van der Waals surface area contributed by atoms with Crippen molar-refractivity contribution in [2.24, 2.45) is 11.1 Å². The molecule has 1 saturated heterocycles. The highest BCUT2D eigenvalue weighted by Gasteiger charge is 2.38. The predicted octanol–water partition coefficient (Wildman–Crippen LogP) is 1.86. The molecule has 1 aliphatic rings. The Labute approximate surface area is 105 Å². The predicted molar refractivity (Wildman–Crippen MR) is 69.7 cm³/mol. The summed E-state index contributed by atoms with van der Waals surface area (Å²) in [4.78, 5) is 2.24. The van der Waals surface area contributed by atoms with Crippen LogP contribution < -0.4 is 10.6 Å². The Morgan fingerprint density at radius 2 is 2.25 bits per heavy atom. The Bertz CT molecular complexity index is 360. The van der Waals surface area contributed by atoms with Gasteiger partial charge in [-0.05, 0) is 18.2 Å². The Hall–Kier alpha value is -0.580. The van der Waals surface area contributed by atoms with Gasteiger partial charge in [0.25, 0.3) is 0 Å². The average molecular weight is 285 g/mol. The highest BCUT2D eigenvalue weighted by molar-refractivity contribution is 9.10. The largest absolute Gasteiger partial charge is 0.380 e. The number of nitrogens with zero attached hydrogens (tertiary/aromatic N) is 1. The van der Waals surface area contributed by atoms with Crippen molar-refractivity contribution in [3.63, 3.8) is 0 Å². The van der Waals surface area contributed by atoms with Crippen LogP contribution in [0.2, 0.25) is 0 Å². The van der Waals surface area contributed by atoms with E-state index < -0.39 is 0 Å². The minimum Gasteiger partial charge on any atom is -0.380 e. The number of nitrogens with two attached hydrogens (primary N) is 1. The molecular weight excluding hydrogens is 268 g/mol. The SMILES string of the molecule is CN(CC1(CN)COC1)c1cccc(Br)c1. The fourth-order valence-electron chi connectivity index (χ4n) is 1.97. The first-order valence-corrected chi connectivity index (χ1v) is 6.19. The average Bonchev–Trinajstić information content (AvgIpc) is 2.23. The van der Waals surface area contributed by atoms with Crippen molar-refractivity contribution < 1.29 is 4.74 Å². The molecule has 1 aromatic rings. The normalized spacial score (nSPS) is 17.9. The van der Waals surface area contributed by atoms with Gasteiger partial charge in [-0.3, -0.25) is 0 Å². The fraction of sp³-hybridized carbons (Fsp3) is 0.500. The van der Waals surface area contributed by atoms with Gasteiger partial charge in [0, 0.05) is 35.7 Å². The van der Waals surface area contributed by atoms with Gasteiger partial charge in [0.05, 0.1) is 13.2 Å². The summed E-state index contributed by atoms with van der Waals surface area (Å²) in [5.74, 6) is 0. The third-order valence-electron chi connectivity index (χ3n) is 3.07. The molecule has 0 atom stereocenters. The van der Waals surface area contributed by atoms with Crippen LogP contribution >= 0.6 is 15.9 Å². The number of benzene rings is 1. The zero-order chi connectivity index (χ0) is 11.6. The molecule has 0 aromatic heterocycles. The van der Waals surface area contributed by atoms with Crippen LogP contribution in [0, 0.1) is 5.41 Å². The summed E-state index contributed by atoms with van der Waals surface area (Å²) in [6, 6.07) is 8.29. The Balaban J connectivity index is 2.05. The number of anilines is 1. The van der Waals surface area contributed by atoms with Crippen LogP contribution in [0.25, 0.3) is 0 Å². The highest BCUT2D eigenvalue weighted by Crippen LogP contribution is 2.29. The molecular formula is C12H17BrN2O. The lowest BCUT2D eigenvalue weighted by Crippen LogP contribution is -2.54. The van der Waals surface area contributed by atoms with Crippen molar-refractivity contribution in [1.82, 2.24) is 0 Å². The van der Waals surface area contributed by atoms with Crippen molar-refractivity contribution in [3.05, 3.63) is 28.7 Å². The molecule has 0 aliphatic carbocycles. The number of halogens is 1. The fourth-order valence-corrected chi connectivity index (χ4v) is 2.36. The molecule has 1 aliphatic heterocycles. The van der Waals surface area contributed by atoms with Gasteiger partial charge >= 0.3 is 0 Å². The van der Waals surface area contributed by atoms with Crippen LogP contribution in [0.5, 0.6) is 0 Å². The van der Waals surface area contributed by atoms with Gasteiger partial charge in [-0.25, -0.2) is 0 Å². The Morgan fingerprint density at radius 1 is 1.50 bits per heavy atom. The second-order valence-electron chi connectivity index (χ2n) is 4.53. The van der Waals surface area contributed by atoms with Crippen molar-refractivity contribution in [2.75, 3.05) is 38.3 Å². The molecule has 1 aromatic carbocycles. The summed E-state index contributed by atoms with van der Waals surface area (Å²) in [5, 5.41) is 0. The van der Waals surface area contributed by atoms with E-state index in [4.69, 9.17) is 10.5 Å². The van der Waals surface area contributed by atoms with Gasteiger partial charge in [-0.2, -0.15) is 0 Å². The van der Waals surface area contributed by atoms with Crippen molar-refractivity contribution in [2.45, 2.75) is 0 Å². The number of rotatable bonds is 4. The first-order valence-electron chi connectivity index (χ1n) is 5.40. The lowest BCUT2D eigenvalue weighted by Gasteiger charge is -2.43. The lowest BCUT2D eigenvalue weighted by molar-refractivity contribution is -0.101. The molecule has 88 valence electrons. The summed E-state index contributed by atoms with van der Waals surface area (Å²) < 4.78 is 6.37. The number of hydrogen-bond acceptors (Lipinski definition) is 3. The second kappa shape index (κ2) is 4.73. The van der Waals surface area contributed by atoms with E-state index in [0.717, 1.165) is 24.2 Å². The molecule has 2 rings (SSSR count). The van der Waals surface area contributed by atoms with Gasteiger partial charge in [0.2, 0.25) is 0 Å². The van der Waals surface area contributed by atoms with Gasteiger partial charge < -0.3 is 15.4 Å². The first-order chi connectivity index (χ1) is 7.65. The summed E-state index contributed by atoms with van der Waals surface area (Å²) in [6.45, 7) is 3.19. The van der Waals surface area contributed by atoms with E-state index in [1.807, 2.05) is 12.1 Å². The van der Waals surface area contributed by atoms with Crippen LogP contribution in [-0.2, 0) is 4.74 Å². The molecule has 16 heavy (non-hydrogen) atoms. The highest BCUT2D eigenvalue weighted by atomic mass is 79.9. The zero-order valence-electron chi connectivity index (χ0n) is 9.45. The van der Waals surface area contributed by atoms with Crippen LogP contribution in [0.15, 0.2) is 28.7 Å². The van der Waals surface area contributed by atoms with Crippen LogP contribution in [0.4, 0.5) is 5.69 Å². The molecule has 1 fully saturated rings. The van der Waals surface area contributed by atoms with Crippen molar-refractivity contribution in [1.29, 1.82) is 0 Å². The van der Waals surface area contributed by atoms with Gasteiger partial charge in [-0.15, -0.1) is 0 Å². The summed E-state index contributed by atoms with van der Waals surface area (Å²) in [7, 11) is 2.09. The molecule has 2 N–H and O–H groups in total. The van der Waals surface area contributed by atoms with E-state index in [0.29, 0.717) is 6.54 Å². The third kappa shape index (κ3) is 2.39. The van der Waals surface area contributed by atoms with E-state index in [1.54, 1.807) is 0 Å². The maximum absolute atomic E-state index is 5.81. The monoisotopic (exact) mass is 284 g/mol. The minimum absolute atomic E-state index is 0.150. The maximum Gasteiger partial charge on any atom is 0.0574 e. The first kappa shape index (κ1) is 11.9. The van der Waals surface area contributed by atoms with Crippen LogP contribution in [0.1, 0.15) is 0 Å². The lowest BCUT2D eigenvalue weighted by atomic mass is 9.85. The van der Waals surface area contributed by atoms with Crippen molar-refractivity contribution >= 4 is 21.6 Å². The van der Waals surface area contributed by atoms with E-state index in [1.165, 1.54) is 5.69 Å². The summed E-state index contributed by atoms with van der Waals surface area (Å²) >= 11 is 3.48. The van der Waals surface area contributed by atoms with Crippen molar-refractivity contribution in [3.8, 4) is 0 Å². The minimum atomic E-state index is 0.150. The maximum atomic E-state index is 5.81. The molecule has 4 heteroatoms. The van der Waals surface area contributed by atoms with E-state index >= 15 is 0 Å². The van der Waals surface area contributed by atoms with Gasteiger partial charge in [0.1, 0.15) is 0 Å². The molecule has 0 bridgehead atoms. The molecule has 0 unspecified atom stereocenters.